The Bertz CT molecular complexity index is 634. The molecule has 2 heterocycles. The fourth-order valence-corrected chi connectivity index (χ4v) is 2.55. The first kappa shape index (κ1) is 15.6. The molecule has 20 heavy (non-hydrogen) atoms. The van der Waals surface area contributed by atoms with Gasteiger partial charge in [-0.2, -0.15) is 0 Å². The van der Waals surface area contributed by atoms with Gasteiger partial charge in [0.15, 0.2) is 0 Å². The Labute approximate surface area is 130 Å². The van der Waals surface area contributed by atoms with E-state index in [0.717, 1.165) is 0 Å². The summed E-state index contributed by atoms with van der Waals surface area (Å²) >= 11 is 6.32. The van der Waals surface area contributed by atoms with Crippen molar-refractivity contribution in [2.24, 2.45) is 0 Å². The van der Waals surface area contributed by atoms with Crippen LogP contribution in [0.5, 0.6) is 0 Å². The van der Waals surface area contributed by atoms with Crippen LogP contribution in [0.1, 0.15) is 18.3 Å². The van der Waals surface area contributed by atoms with Crippen LogP contribution in [0.2, 0.25) is 0 Å². The SMILES string of the molecule is O=c1cc(C=C(Br)Br)n([C@H]2C[C@H](O)[C@@H](CO)O2)c(=O)[nH]1. The highest BCUT2D eigenvalue weighted by Crippen LogP contribution is 2.29. The number of hydrogen-bond acceptors (Lipinski definition) is 5. The van der Waals surface area contributed by atoms with E-state index in [2.05, 4.69) is 36.8 Å². The smallest absolute Gasteiger partial charge is 0.330 e. The van der Waals surface area contributed by atoms with Crippen molar-refractivity contribution < 1.29 is 14.9 Å². The van der Waals surface area contributed by atoms with Gasteiger partial charge >= 0.3 is 5.69 Å². The molecule has 1 aliphatic heterocycles. The Hall–Kier alpha value is -0.740. The predicted octanol–water partition coefficient (Wildman–Crippen LogP) is 0.265. The predicted molar refractivity (Wildman–Crippen MR) is 78.8 cm³/mol. The summed E-state index contributed by atoms with van der Waals surface area (Å²) in [6.07, 6.45) is -0.690. The largest absolute Gasteiger partial charge is 0.394 e. The average molecular weight is 412 g/mol. The van der Waals surface area contributed by atoms with Crippen LogP contribution < -0.4 is 11.2 Å². The molecule has 9 heteroatoms. The Morgan fingerprint density at radius 2 is 2.25 bits per heavy atom. The van der Waals surface area contributed by atoms with Crippen molar-refractivity contribution in [3.63, 3.8) is 0 Å². The number of H-pyrrole nitrogens is 1. The zero-order valence-corrected chi connectivity index (χ0v) is 13.3. The molecule has 1 saturated heterocycles. The Morgan fingerprint density at radius 3 is 2.80 bits per heavy atom. The highest BCUT2D eigenvalue weighted by Gasteiger charge is 2.35. The summed E-state index contributed by atoms with van der Waals surface area (Å²) in [6.45, 7) is -0.344. The maximum Gasteiger partial charge on any atom is 0.330 e. The van der Waals surface area contributed by atoms with E-state index < -0.39 is 29.7 Å². The van der Waals surface area contributed by atoms with Crippen molar-refractivity contribution in [2.75, 3.05) is 6.61 Å². The van der Waals surface area contributed by atoms with E-state index in [-0.39, 0.29) is 13.0 Å². The van der Waals surface area contributed by atoms with Crippen LogP contribution >= 0.6 is 31.9 Å². The number of rotatable bonds is 3. The summed E-state index contributed by atoms with van der Waals surface area (Å²) in [5.41, 5.74) is -0.852. The molecule has 0 unspecified atom stereocenters. The average Bonchev–Trinajstić information content (AvgIpc) is 2.68. The monoisotopic (exact) mass is 410 g/mol. The quantitative estimate of drug-likeness (QED) is 0.662. The maximum atomic E-state index is 12.0. The van der Waals surface area contributed by atoms with Gasteiger partial charge in [-0.1, -0.05) is 0 Å². The Morgan fingerprint density at radius 1 is 1.55 bits per heavy atom. The van der Waals surface area contributed by atoms with Gasteiger partial charge in [-0.15, -0.1) is 0 Å². The third-order valence-corrected chi connectivity index (χ3v) is 3.39. The molecule has 110 valence electrons. The fraction of sp³-hybridized carbons (Fsp3) is 0.455. The summed E-state index contributed by atoms with van der Waals surface area (Å²) in [5, 5.41) is 18.8. The van der Waals surface area contributed by atoms with E-state index >= 15 is 0 Å². The van der Waals surface area contributed by atoms with Crippen LogP contribution in [0.25, 0.3) is 6.08 Å². The number of aliphatic hydroxyl groups excluding tert-OH is 2. The fourth-order valence-electron chi connectivity index (χ4n) is 2.08. The number of hydrogen-bond donors (Lipinski definition) is 3. The van der Waals surface area contributed by atoms with Gasteiger partial charge in [0.05, 0.1) is 21.8 Å². The highest BCUT2D eigenvalue weighted by atomic mass is 79.9. The molecular weight excluding hydrogens is 400 g/mol. The van der Waals surface area contributed by atoms with Crippen molar-refractivity contribution in [1.29, 1.82) is 0 Å². The minimum atomic E-state index is -0.868. The van der Waals surface area contributed by atoms with Gasteiger partial charge in [0.1, 0.15) is 12.3 Å². The van der Waals surface area contributed by atoms with Crippen molar-refractivity contribution >= 4 is 37.9 Å². The van der Waals surface area contributed by atoms with Gasteiger partial charge in [-0.05, 0) is 37.9 Å². The van der Waals surface area contributed by atoms with Crippen LogP contribution in [-0.2, 0) is 4.74 Å². The van der Waals surface area contributed by atoms with Crippen LogP contribution in [0.15, 0.2) is 19.0 Å². The van der Waals surface area contributed by atoms with Gasteiger partial charge in [0.25, 0.3) is 5.56 Å². The summed E-state index contributed by atoms with van der Waals surface area (Å²) in [6, 6.07) is 1.24. The standard InChI is InChI=1S/C11H12Br2N2O5/c12-8(13)1-5-2-9(18)14-11(19)15(5)10-3-6(17)7(4-16)20-10/h1-2,6-7,10,16-17H,3-4H2,(H,14,18,19)/t6-,7+,10+/m0/s1. The van der Waals surface area contributed by atoms with Gasteiger partial charge < -0.3 is 14.9 Å². The zero-order chi connectivity index (χ0) is 14.9. The lowest BCUT2D eigenvalue weighted by Gasteiger charge is -2.17. The molecule has 0 radical (unpaired) electrons. The lowest BCUT2D eigenvalue weighted by atomic mass is 10.2. The Kier molecular flexibility index (Phi) is 4.97. The molecule has 1 aliphatic rings. The zero-order valence-electron chi connectivity index (χ0n) is 10.1. The van der Waals surface area contributed by atoms with Crippen molar-refractivity contribution in [2.45, 2.75) is 24.9 Å². The van der Waals surface area contributed by atoms with Crippen molar-refractivity contribution in [3.05, 3.63) is 36.0 Å². The van der Waals surface area contributed by atoms with Crippen LogP contribution in [-0.4, -0.2) is 38.6 Å². The van der Waals surface area contributed by atoms with E-state index in [4.69, 9.17) is 9.84 Å². The molecule has 0 aromatic carbocycles. The number of aliphatic hydroxyl groups is 2. The summed E-state index contributed by atoms with van der Waals surface area (Å²) in [7, 11) is 0. The summed E-state index contributed by atoms with van der Waals surface area (Å²) in [4.78, 5) is 25.5. The van der Waals surface area contributed by atoms with Gasteiger partial charge in [0.2, 0.25) is 0 Å². The van der Waals surface area contributed by atoms with Crippen LogP contribution in [0, 0.1) is 0 Å². The molecule has 3 atom stereocenters. The van der Waals surface area contributed by atoms with E-state index in [1.165, 1.54) is 16.7 Å². The second-order valence-corrected chi connectivity index (χ2v) is 7.06. The lowest BCUT2D eigenvalue weighted by molar-refractivity contribution is -0.0461. The number of nitrogens with zero attached hydrogens (tertiary/aromatic N) is 1. The van der Waals surface area contributed by atoms with E-state index in [1.54, 1.807) is 0 Å². The summed E-state index contributed by atoms with van der Waals surface area (Å²) < 4.78 is 7.20. The number of aromatic amines is 1. The third-order valence-electron chi connectivity index (χ3n) is 2.94. The maximum absolute atomic E-state index is 12.0. The summed E-state index contributed by atoms with van der Waals surface area (Å²) in [5.74, 6) is 0. The van der Waals surface area contributed by atoms with E-state index in [0.29, 0.717) is 9.09 Å². The second-order valence-electron chi connectivity index (χ2n) is 4.28. The second kappa shape index (κ2) is 6.35. The Balaban J connectivity index is 2.49. The van der Waals surface area contributed by atoms with Crippen molar-refractivity contribution in [1.82, 2.24) is 9.55 Å². The molecule has 1 aromatic heterocycles. The lowest BCUT2D eigenvalue weighted by Crippen LogP contribution is -2.34. The molecule has 0 bridgehead atoms. The molecule has 1 fully saturated rings. The molecule has 2 rings (SSSR count). The highest BCUT2D eigenvalue weighted by molar-refractivity contribution is 9.28. The molecule has 0 spiro atoms. The molecule has 3 N–H and O–H groups in total. The van der Waals surface area contributed by atoms with Gasteiger partial charge in [-0.3, -0.25) is 14.3 Å². The first-order valence-corrected chi connectivity index (χ1v) is 7.34. The topological polar surface area (TPSA) is 105 Å². The minimum absolute atomic E-state index is 0.151. The molecule has 7 nitrogen and oxygen atoms in total. The van der Waals surface area contributed by atoms with Gasteiger partial charge in [0, 0.05) is 12.5 Å². The molecule has 0 saturated carbocycles. The van der Waals surface area contributed by atoms with Crippen LogP contribution in [0.4, 0.5) is 0 Å². The number of nitrogens with one attached hydrogen (secondary N) is 1. The molecule has 0 aliphatic carbocycles. The van der Waals surface area contributed by atoms with Gasteiger partial charge in [-0.25, -0.2) is 4.79 Å². The number of halogens is 2. The van der Waals surface area contributed by atoms with Crippen LogP contribution in [0.3, 0.4) is 0 Å². The normalized spacial score (nSPS) is 25.7. The van der Waals surface area contributed by atoms with E-state index in [1.807, 2.05) is 0 Å². The van der Waals surface area contributed by atoms with Crippen molar-refractivity contribution in [3.8, 4) is 0 Å². The molecule has 1 aromatic rings. The number of ether oxygens (including phenoxy) is 1. The first-order valence-electron chi connectivity index (χ1n) is 5.75. The minimum Gasteiger partial charge on any atom is -0.394 e. The molecule has 0 amide bonds. The molecular formula is C11H12Br2N2O5. The number of aromatic nitrogens is 2. The third kappa shape index (κ3) is 3.29. The van der Waals surface area contributed by atoms with E-state index in [9.17, 15) is 14.7 Å². The first-order chi connectivity index (χ1) is 9.42.